The predicted octanol–water partition coefficient (Wildman–Crippen LogP) is 4.04. The van der Waals surface area contributed by atoms with Gasteiger partial charge in [0.05, 0.1) is 16.7 Å². The molecule has 124 valence electrons. The van der Waals surface area contributed by atoms with E-state index in [1.54, 1.807) is 0 Å². The van der Waals surface area contributed by atoms with Crippen LogP contribution < -0.4 is 5.46 Å². The Morgan fingerprint density at radius 1 is 1.09 bits per heavy atom. The maximum absolute atomic E-state index is 14.6. The number of aromatic amines is 1. The largest absolute Gasteiger partial charge is 0.494 e. The van der Waals surface area contributed by atoms with E-state index in [2.05, 4.69) is 18.8 Å². The lowest BCUT2D eigenvalue weighted by molar-refractivity contribution is 0.00578. The average molecular weight is 317 g/mol. The first-order valence-electron chi connectivity index (χ1n) is 8.21. The molecule has 1 fully saturated rings. The zero-order chi connectivity index (χ0) is 17.2. The third-order valence-corrected chi connectivity index (χ3v) is 5.22. The summed E-state index contributed by atoms with van der Waals surface area (Å²) in [6.45, 7) is 14.2. The molecule has 1 saturated heterocycles. The molecule has 5 heteroatoms. The van der Waals surface area contributed by atoms with Crippen LogP contribution in [0, 0.1) is 12.7 Å². The van der Waals surface area contributed by atoms with Gasteiger partial charge in [0, 0.05) is 11.1 Å². The fourth-order valence-electron chi connectivity index (χ4n) is 3.28. The molecule has 0 atom stereocenters. The normalized spacial score (nSPS) is 20.0. The van der Waals surface area contributed by atoms with Crippen molar-refractivity contribution in [3.8, 4) is 0 Å². The minimum Gasteiger partial charge on any atom is -0.399 e. The van der Waals surface area contributed by atoms with Crippen molar-refractivity contribution in [3.05, 3.63) is 29.2 Å². The molecule has 0 spiro atoms. The van der Waals surface area contributed by atoms with Crippen LogP contribution in [0.5, 0.6) is 0 Å². The number of benzene rings is 1. The first-order valence-corrected chi connectivity index (χ1v) is 8.21. The van der Waals surface area contributed by atoms with Gasteiger partial charge in [-0.15, -0.1) is 0 Å². The highest BCUT2D eigenvalue weighted by Crippen LogP contribution is 2.37. The van der Waals surface area contributed by atoms with E-state index in [1.807, 2.05) is 40.7 Å². The molecule has 1 aliphatic rings. The van der Waals surface area contributed by atoms with Gasteiger partial charge in [0.25, 0.3) is 0 Å². The zero-order valence-corrected chi connectivity index (χ0v) is 15.0. The fraction of sp³-hybridized carbons (Fsp3) is 0.556. The van der Waals surface area contributed by atoms with Crippen LogP contribution in [-0.4, -0.2) is 23.3 Å². The molecule has 2 heterocycles. The molecule has 0 bridgehead atoms. The molecule has 2 aromatic rings. The number of aromatic nitrogens is 1. The van der Waals surface area contributed by atoms with Crippen molar-refractivity contribution >= 4 is 23.5 Å². The van der Waals surface area contributed by atoms with Gasteiger partial charge in [-0.2, -0.15) is 0 Å². The van der Waals surface area contributed by atoms with Crippen LogP contribution in [0.3, 0.4) is 0 Å². The second-order valence-corrected chi connectivity index (χ2v) is 7.83. The van der Waals surface area contributed by atoms with E-state index in [0.29, 0.717) is 11.4 Å². The molecule has 1 aliphatic heterocycles. The quantitative estimate of drug-likeness (QED) is 0.848. The van der Waals surface area contributed by atoms with Crippen molar-refractivity contribution in [2.45, 2.75) is 65.6 Å². The van der Waals surface area contributed by atoms with Gasteiger partial charge in [0.1, 0.15) is 5.82 Å². The topological polar surface area (TPSA) is 34.2 Å². The van der Waals surface area contributed by atoms with Crippen LogP contribution >= 0.6 is 0 Å². The number of hydrogen-bond donors (Lipinski definition) is 1. The van der Waals surface area contributed by atoms with Gasteiger partial charge in [0.15, 0.2) is 0 Å². The number of aryl methyl sites for hydroxylation is 1. The molecule has 3 rings (SSSR count). The SMILES string of the molecule is Cc1[nH]c2c(F)cc(B3OC(C)(C)C(C)(C)O3)cc2c1C(C)C. The molecule has 0 aliphatic carbocycles. The van der Waals surface area contributed by atoms with Crippen molar-refractivity contribution in [3.63, 3.8) is 0 Å². The van der Waals surface area contributed by atoms with Crippen molar-refractivity contribution in [1.29, 1.82) is 0 Å². The molecule has 1 N–H and O–H groups in total. The number of fused-ring (bicyclic) bond motifs is 1. The number of H-pyrrole nitrogens is 1. The van der Waals surface area contributed by atoms with Gasteiger partial charge >= 0.3 is 7.12 Å². The zero-order valence-electron chi connectivity index (χ0n) is 15.0. The van der Waals surface area contributed by atoms with Gasteiger partial charge in [-0.25, -0.2) is 4.39 Å². The first-order chi connectivity index (χ1) is 10.5. The summed E-state index contributed by atoms with van der Waals surface area (Å²) in [6.07, 6.45) is 0. The Morgan fingerprint density at radius 3 is 2.17 bits per heavy atom. The van der Waals surface area contributed by atoms with Crippen LogP contribution in [0.25, 0.3) is 10.9 Å². The van der Waals surface area contributed by atoms with Crippen molar-refractivity contribution < 1.29 is 13.7 Å². The molecular weight excluding hydrogens is 292 g/mol. The molecule has 23 heavy (non-hydrogen) atoms. The molecule has 0 amide bonds. The molecule has 1 aromatic carbocycles. The Labute approximate surface area is 137 Å². The van der Waals surface area contributed by atoms with Crippen molar-refractivity contribution in [2.75, 3.05) is 0 Å². The van der Waals surface area contributed by atoms with Crippen LogP contribution in [-0.2, 0) is 9.31 Å². The van der Waals surface area contributed by atoms with E-state index in [4.69, 9.17) is 9.31 Å². The number of halogens is 1. The molecule has 0 unspecified atom stereocenters. The number of rotatable bonds is 2. The molecular formula is C18H25BFNO2. The molecule has 1 aromatic heterocycles. The van der Waals surface area contributed by atoms with Crippen LogP contribution in [0.4, 0.5) is 4.39 Å². The van der Waals surface area contributed by atoms with E-state index in [-0.39, 0.29) is 5.82 Å². The lowest BCUT2D eigenvalue weighted by Gasteiger charge is -2.32. The highest BCUT2D eigenvalue weighted by atomic mass is 19.1. The summed E-state index contributed by atoms with van der Waals surface area (Å²) >= 11 is 0. The van der Waals surface area contributed by atoms with Gasteiger partial charge in [0.2, 0.25) is 0 Å². The van der Waals surface area contributed by atoms with E-state index in [1.165, 1.54) is 6.07 Å². The smallest absolute Gasteiger partial charge is 0.399 e. The van der Waals surface area contributed by atoms with Crippen molar-refractivity contribution in [1.82, 2.24) is 4.98 Å². The maximum Gasteiger partial charge on any atom is 0.494 e. The Bertz CT molecular complexity index is 748. The third-order valence-electron chi connectivity index (χ3n) is 5.22. The fourth-order valence-corrected chi connectivity index (χ4v) is 3.28. The predicted molar refractivity (Wildman–Crippen MR) is 92.8 cm³/mol. The summed E-state index contributed by atoms with van der Waals surface area (Å²) in [5.74, 6) is 0.0545. The summed E-state index contributed by atoms with van der Waals surface area (Å²) < 4.78 is 26.7. The Kier molecular flexibility index (Phi) is 3.65. The number of hydrogen-bond acceptors (Lipinski definition) is 2. The van der Waals surface area contributed by atoms with Gasteiger partial charge < -0.3 is 14.3 Å². The lowest BCUT2D eigenvalue weighted by Crippen LogP contribution is -2.41. The number of nitrogens with one attached hydrogen (secondary N) is 1. The maximum atomic E-state index is 14.6. The van der Waals surface area contributed by atoms with E-state index in [0.717, 1.165) is 22.1 Å². The van der Waals surface area contributed by atoms with Gasteiger partial charge in [-0.05, 0) is 57.6 Å². The Morgan fingerprint density at radius 2 is 1.65 bits per heavy atom. The average Bonchev–Trinajstić information content (AvgIpc) is 2.83. The van der Waals surface area contributed by atoms with E-state index >= 15 is 0 Å². The van der Waals surface area contributed by atoms with E-state index in [9.17, 15) is 4.39 Å². The molecule has 3 nitrogen and oxygen atoms in total. The van der Waals surface area contributed by atoms with Crippen LogP contribution in [0.1, 0.15) is 58.7 Å². The monoisotopic (exact) mass is 317 g/mol. The Hall–Kier alpha value is -1.33. The minimum atomic E-state index is -0.547. The lowest BCUT2D eigenvalue weighted by atomic mass is 9.78. The first kappa shape index (κ1) is 16.5. The standard InChI is InChI=1S/C18H25BFNO2/c1-10(2)15-11(3)21-16-13(15)8-12(9-14(16)20)19-22-17(4,5)18(6,7)23-19/h8-10,21H,1-7H3. The van der Waals surface area contributed by atoms with Crippen LogP contribution in [0.2, 0.25) is 0 Å². The van der Waals surface area contributed by atoms with Crippen LogP contribution in [0.15, 0.2) is 12.1 Å². The molecule has 0 radical (unpaired) electrons. The molecule has 0 saturated carbocycles. The highest BCUT2D eigenvalue weighted by molar-refractivity contribution is 6.62. The minimum absolute atomic E-state index is 0.262. The summed E-state index contributed by atoms with van der Waals surface area (Å²) in [4.78, 5) is 3.17. The summed E-state index contributed by atoms with van der Waals surface area (Å²) in [5.41, 5.74) is 2.59. The summed E-state index contributed by atoms with van der Waals surface area (Å²) in [6, 6.07) is 3.52. The van der Waals surface area contributed by atoms with Gasteiger partial charge in [-0.1, -0.05) is 19.9 Å². The second kappa shape index (κ2) is 5.08. The Balaban J connectivity index is 2.12. The van der Waals surface area contributed by atoms with Gasteiger partial charge in [-0.3, -0.25) is 0 Å². The highest BCUT2D eigenvalue weighted by Gasteiger charge is 2.51. The van der Waals surface area contributed by atoms with E-state index < -0.39 is 18.3 Å². The second-order valence-electron chi connectivity index (χ2n) is 7.83. The third kappa shape index (κ3) is 2.50. The van der Waals surface area contributed by atoms with Crippen molar-refractivity contribution in [2.24, 2.45) is 0 Å². The summed E-state index contributed by atoms with van der Waals surface area (Å²) in [7, 11) is -0.547. The summed E-state index contributed by atoms with van der Waals surface area (Å²) in [5, 5.41) is 0.919.